The molecular formula is C10H9BrF2O3. The van der Waals surface area contributed by atoms with E-state index in [-0.39, 0.29) is 5.56 Å². The highest BCUT2D eigenvalue weighted by molar-refractivity contribution is 9.10. The Kier molecular flexibility index (Phi) is 3.64. The highest BCUT2D eigenvalue weighted by Gasteiger charge is 2.47. The third-order valence-corrected chi connectivity index (χ3v) is 2.99. The molecule has 2 N–H and O–H groups in total. The van der Waals surface area contributed by atoms with Crippen molar-refractivity contribution in [1.82, 2.24) is 0 Å². The van der Waals surface area contributed by atoms with E-state index in [1.165, 1.54) is 18.2 Å². The number of hydrogen-bond donors (Lipinski definition) is 2. The Morgan fingerprint density at radius 3 is 2.50 bits per heavy atom. The molecule has 0 aliphatic rings. The Labute approximate surface area is 98.8 Å². The quantitative estimate of drug-likeness (QED) is 0.901. The van der Waals surface area contributed by atoms with E-state index < -0.39 is 18.0 Å². The first-order chi connectivity index (χ1) is 7.26. The zero-order valence-corrected chi connectivity index (χ0v) is 9.83. The molecule has 0 aromatic heterocycles. The van der Waals surface area contributed by atoms with E-state index in [4.69, 9.17) is 5.11 Å². The van der Waals surface area contributed by atoms with Crippen LogP contribution in [0.1, 0.15) is 17.2 Å². The van der Waals surface area contributed by atoms with Crippen molar-refractivity contribution in [3.05, 3.63) is 33.8 Å². The van der Waals surface area contributed by atoms with Crippen LogP contribution in [0.25, 0.3) is 0 Å². The molecule has 1 aromatic carbocycles. The van der Waals surface area contributed by atoms with Gasteiger partial charge in [-0.05, 0) is 24.1 Å². The average Bonchev–Trinajstić information content (AvgIpc) is 2.20. The first-order valence-corrected chi connectivity index (χ1v) is 5.11. The zero-order chi connectivity index (χ0) is 12.5. The summed E-state index contributed by atoms with van der Waals surface area (Å²) in [5.74, 6) is -6.55. The fourth-order valence-electron chi connectivity index (χ4n) is 1.11. The lowest BCUT2D eigenvalue weighted by atomic mass is 10.0. The second-order valence-electron chi connectivity index (χ2n) is 3.34. The van der Waals surface area contributed by atoms with Gasteiger partial charge < -0.3 is 10.2 Å². The number of carboxylic acid groups (broad SMARTS) is 1. The van der Waals surface area contributed by atoms with Gasteiger partial charge in [0, 0.05) is 4.47 Å². The van der Waals surface area contributed by atoms with E-state index in [9.17, 15) is 18.7 Å². The lowest BCUT2D eigenvalue weighted by Gasteiger charge is -2.19. The van der Waals surface area contributed by atoms with Gasteiger partial charge in [-0.1, -0.05) is 28.1 Å². The minimum atomic E-state index is -4.20. The molecule has 0 bridgehead atoms. The van der Waals surface area contributed by atoms with Gasteiger partial charge in [-0.25, -0.2) is 4.79 Å². The van der Waals surface area contributed by atoms with Crippen molar-refractivity contribution < 1.29 is 23.8 Å². The highest BCUT2D eigenvalue weighted by Crippen LogP contribution is 2.33. The van der Waals surface area contributed by atoms with Gasteiger partial charge in [0.1, 0.15) is 0 Å². The molecule has 1 unspecified atom stereocenters. The largest absolute Gasteiger partial charge is 0.477 e. The van der Waals surface area contributed by atoms with Crippen LogP contribution in [0, 0.1) is 6.92 Å². The highest BCUT2D eigenvalue weighted by atomic mass is 79.9. The summed E-state index contributed by atoms with van der Waals surface area (Å²) in [4.78, 5) is 10.3. The Bertz CT molecular complexity index is 421. The first-order valence-electron chi connectivity index (χ1n) is 4.32. The standard InChI is InChI=1S/C10H9BrF2O3/c1-5-2-3-6(4-7(5)11)8(14)10(12,13)9(15)16/h2-4,8,14H,1H3,(H,15,16). The van der Waals surface area contributed by atoms with Gasteiger partial charge in [0.25, 0.3) is 0 Å². The maximum absolute atomic E-state index is 13.0. The van der Waals surface area contributed by atoms with E-state index in [0.717, 1.165) is 5.56 Å². The molecule has 0 radical (unpaired) electrons. The number of carbonyl (C=O) groups is 1. The summed E-state index contributed by atoms with van der Waals surface area (Å²) in [6, 6.07) is 4.05. The van der Waals surface area contributed by atoms with Crippen LogP contribution in [0.4, 0.5) is 8.78 Å². The molecule has 0 aliphatic heterocycles. The Hall–Kier alpha value is -1.01. The van der Waals surface area contributed by atoms with Crippen molar-refractivity contribution in [2.75, 3.05) is 0 Å². The molecule has 1 atom stereocenters. The molecule has 0 spiro atoms. The summed E-state index contributed by atoms with van der Waals surface area (Å²) < 4.78 is 26.5. The van der Waals surface area contributed by atoms with Crippen molar-refractivity contribution in [2.24, 2.45) is 0 Å². The molecule has 16 heavy (non-hydrogen) atoms. The van der Waals surface area contributed by atoms with Crippen molar-refractivity contribution in [3.8, 4) is 0 Å². The number of rotatable bonds is 3. The molecule has 6 heteroatoms. The Morgan fingerprint density at radius 1 is 1.50 bits per heavy atom. The Balaban J connectivity index is 3.10. The SMILES string of the molecule is Cc1ccc(C(O)C(F)(F)C(=O)O)cc1Br. The van der Waals surface area contributed by atoms with Gasteiger partial charge >= 0.3 is 11.9 Å². The molecule has 0 saturated carbocycles. The van der Waals surface area contributed by atoms with Gasteiger partial charge in [0.2, 0.25) is 0 Å². The third kappa shape index (κ3) is 2.38. The lowest BCUT2D eigenvalue weighted by Crippen LogP contribution is -2.35. The summed E-state index contributed by atoms with van der Waals surface area (Å²) in [5.41, 5.74) is 0.652. The molecule has 0 amide bonds. The first kappa shape index (κ1) is 13.1. The third-order valence-electron chi connectivity index (χ3n) is 2.14. The molecule has 0 saturated heterocycles. The second-order valence-corrected chi connectivity index (χ2v) is 4.19. The summed E-state index contributed by atoms with van der Waals surface area (Å²) in [5, 5.41) is 17.6. The smallest absolute Gasteiger partial charge is 0.377 e. The maximum Gasteiger partial charge on any atom is 0.377 e. The molecule has 1 rings (SSSR count). The maximum atomic E-state index is 13.0. The van der Waals surface area contributed by atoms with Gasteiger partial charge in [-0.15, -0.1) is 0 Å². The minimum absolute atomic E-state index is 0.148. The number of halogens is 3. The minimum Gasteiger partial charge on any atom is -0.477 e. The van der Waals surface area contributed by atoms with E-state index in [0.29, 0.717) is 4.47 Å². The number of benzene rings is 1. The summed E-state index contributed by atoms with van der Waals surface area (Å²) in [6.07, 6.45) is -2.36. The topological polar surface area (TPSA) is 57.5 Å². The lowest BCUT2D eigenvalue weighted by molar-refractivity contribution is -0.182. The molecular weight excluding hydrogens is 286 g/mol. The van der Waals surface area contributed by atoms with E-state index in [1.54, 1.807) is 6.92 Å². The van der Waals surface area contributed by atoms with Crippen LogP contribution in [0.15, 0.2) is 22.7 Å². The van der Waals surface area contributed by atoms with Crippen molar-refractivity contribution in [3.63, 3.8) is 0 Å². The Morgan fingerprint density at radius 2 is 2.06 bits per heavy atom. The van der Waals surface area contributed by atoms with Crippen LogP contribution in [0.5, 0.6) is 0 Å². The molecule has 0 fully saturated rings. The fourth-order valence-corrected chi connectivity index (χ4v) is 1.50. The summed E-state index contributed by atoms with van der Waals surface area (Å²) in [7, 11) is 0. The summed E-state index contributed by atoms with van der Waals surface area (Å²) >= 11 is 3.11. The molecule has 3 nitrogen and oxygen atoms in total. The molecule has 88 valence electrons. The van der Waals surface area contributed by atoms with Crippen molar-refractivity contribution in [1.29, 1.82) is 0 Å². The van der Waals surface area contributed by atoms with E-state index in [1.807, 2.05) is 0 Å². The normalized spacial score (nSPS) is 13.6. The van der Waals surface area contributed by atoms with Gasteiger partial charge in [0.05, 0.1) is 0 Å². The van der Waals surface area contributed by atoms with Crippen LogP contribution in [-0.4, -0.2) is 22.1 Å². The molecule has 1 aromatic rings. The van der Waals surface area contributed by atoms with Crippen LogP contribution in [0.3, 0.4) is 0 Å². The fraction of sp³-hybridized carbons (Fsp3) is 0.300. The van der Waals surface area contributed by atoms with Gasteiger partial charge in [-0.2, -0.15) is 8.78 Å². The van der Waals surface area contributed by atoms with Gasteiger partial charge in [0.15, 0.2) is 6.10 Å². The molecule has 0 heterocycles. The number of hydrogen-bond acceptors (Lipinski definition) is 2. The number of alkyl halides is 2. The number of aliphatic hydroxyl groups is 1. The van der Waals surface area contributed by atoms with Crippen LogP contribution in [-0.2, 0) is 4.79 Å². The van der Waals surface area contributed by atoms with Gasteiger partial charge in [-0.3, -0.25) is 0 Å². The summed E-state index contributed by atoms with van der Waals surface area (Å²) in [6.45, 7) is 1.75. The molecule has 0 aliphatic carbocycles. The number of aliphatic hydroxyl groups excluding tert-OH is 1. The number of carboxylic acids is 1. The number of aryl methyl sites for hydroxylation is 1. The average molecular weight is 295 g/mol. The predicted octanol–water partition coefficient (Wildman–Crippen LogP) is 2.51. The zero-order valence-electron chi connectivity index (χ0n) is 8.25. The van der Waals surface area contributed by atoms with Crippen LogP contribution >= 0.6 is 15.9 Å². The van der Waals surface area contributed by atoms with E-state index >= 15 is 0 Å². The second kappa shape index (κ2) is 4.47. The van der Waals surface area contributed by atoms with Crippen LogP contribution < -0.4 is 0 Å². The number of aliphatic carboxylic acids is 1. The predicted molar refractivity (Wildman–Crippen MR) is 56.4 cm³/mol. The van der Waals surface area contributed by atoms with E-state index in [2.05, 4.69) is 15.9 Å². The van der Waals surface area contributed by atoms with Crippen molar-refractivity contribution >= 4 is 21.9 Å². The monoisotopic (exact) mass is 294 g/mol. The van der Waals surface area contributed by atoms with Crippen LogP contribution in [0.2, 0.25) is 0 Å². The van der Waals surface area contributed by atoms with Crippen molar-refractivity contribution in [2.45, 2.75) is 19.0 Å².